The molecular formula is C17H25NO5S. The number of hydrogen-bond donors (Lipinski definition) is 1. The van der Waals surface area contributed by atoms with Crippen LogP contribution in [0.5, 0.6) is 5.75 Å². The number of primary sulfonamides is 1. The molecule has 1 fully saturated rings. The van der Waals surface area contributed by atoms with Crippen LogP contribution in [0.3, 0.4) is 0 Å². The second-order valence-corrected chi connectivity index (χ2v) is 7.69. The fraction of sp³-hybridized carbons (Fsp3) is 0.588. The Morgan fingerprint density at radius 3 is 2.38 bits per heavy atom. The number of nitrogens with two attached hydrogens (primary N) is 1. The molecule has 0 saturated heterocycles. The lowest BCUT2D eigenvalue weighted by Gasteiger charge is -2.20. The molecule has 2 N–H and O–H groups in total. The summed E-state index contributed by atoms with van der Waals surface area (Å²) in [5.74, 6) is 0.981. The molecule has 0 aliphatic heterocycles. The summed E-state index contributed by atoms with van der Waals surface area (Å²) in [6.45, 7) is 0.407. The summed E-state index contributed by atoms with van der Waals surface area (Å²) in [4.78, 5) is 11.7. The van der Waals surface area contributed by atoms with Crippen molar-refractivity contribution in [1.82, 2.24) is 0 Å². The predicted molar refractivity (Wildman–Crippen MR) is 90.1 cm³/mol. The van der Waals surface area contributed by atoms with E-state index < -0.39 is 10.0 Å². The summed E-state index contributed by atoms with van der Waals surface area (Å²) in [5.41, 5.74) is 0. The standard InChI is InChI=1S/C17H25NO5S/c18-24(20,21)16-9-7-15(8-10-16)22-12-13-23-17(19)11-6-14-4-2-1-3-5-14/h7-10,14H,1-6,11-13H2,(H2,18,20,21). The van der Waals surface area contributed by atoms with E-state index in [2.05, 4.69) is 0 Å². The number of ether oxygens (including phenoxy) is 2. The van der Waals surface area contributed by atoms with Crippen LogP contribution in [0, 0.1) is 5.92 Å². The van der Waals surface area contributed by atoms with Crippen molar-refractivity contribution < 1.29 is 22.7 Å². The van der Waals surface area contributed by atoms with Crippen molar-refractivity contribution in [2.75, 3.05) is 13.2 Å². The number of esters is 1. The van der Waals surface area contributed by atoms with Crippen LogP contribution in [-0.2, 0) is 19.6 Å². The Balaban J connectivity index is 1.61. The largest absolute Gasteiger partial charge is 0.490 e. The van der Waals surface area contributed by atoms with E-state index in [-0.39, 0.29) is 24.1 Å². The maximum Gasteiger partial charge on any atom is 0.305 e. The van der Waals surface area contributed by atoms with Crippen molar-refractivity contribution in [1.29, 1.82) is 0 Å². The second kappa shape index (κ2) is 9.03. The van der Waals surface area contributed by atoms with Gasteiger partial charge in [0, 0.05) is 6.42 Å². The molecule has 0 amide bonds. The quantitative estimate of drug-likeness (QED) is 0.571. The maximum atomic E-state index is 11.7. The highest BCUT2D eigenvalue weighted by molar-refractivity contribution is 7.89. The number of hydrogen-bond acceptors (Lipinski definition) is 5. The summed E-state index contributed by atoms with van der Waals surface area (Å²) in [6.07, 6.45) is 7.70. The Hall–Kier alpha value is -1.60. The van der Waals surface area contributed by atoms with Gasteiger partial charge in [0.05, 0.1) is 4.90 Å². The molecular weight excluding hydrogens is 330 g/mol. The van der Waals surface area contributed by atoms with E-state index in [1.165, 1.54) is 56.4 Å². The highest BCUT2D eigenvalue weighted by Crippen LogP contribution is 2.27. The third-order valence-electron chi connectivity index (χ3n) is 4.25. The molecule has 6 nitrogen and oxygen atoms in total. The van der Waals surface area contributed by atoms with E-state index in [4.69, 9.17) is 14.6 Å². The summed E-state index contributed by atoms with van der Waals surface area (Å²) < 4.78 is 32.8. The van der Waals surface area contributed by atoms with Gasteiger partial charge in [0.2, 0.25) is 10.0 Å². The van der Waals surface area contributed by atoms with Crippen LogP contribution < -0.4 is 9.88 Å². The maximum absolute atomic E-state index is 11.7. The molecule has 0 radical (unpaired) electrons. The fourth-order valence-corrected chi connectivity index (χ4v) is 3.43. The van der Waals surface area contributed by atoms with Crippen molar-refractivity contribution in [3.63, 3.8) is 0 Å². The Morgan fingerprint density at radius 1 is 1.08 bits per heavy atom. The van der Waals surface area contributed by atoms with Crippen LogP contribution >= 0.6 is 0 Å². The van der Waals surface area contributed by atoms with Gasteiger partial charge in [-0.3, -0.25) is 4.79 Å². The number of carbonyl (C=O) groups excluding carboxylic acids is 1. The van der Waals surface area contributed by atoms with Crippen LogP contribution in [0.25, 0.3) is 0 Å². The molecule has 0 atom stereocenters. The van der Waals surface area contributed by atoms with Gasteiger partial charge >= 0.3 is 5.97 Å². The average molecular weight is 355 g/mol. The molecule has 0 spiro atoms. The third kappa shape index (κ3) is 6.49. The molecule has 1 aliphatic carbocycles. The summed E-state index contributed by atoms with van der Waals surface area (Å²) in [5, 5.41) is 5.02. The summed E-state index contributed by atoms with van der Waals surface area (Å²) >= 11 is 0. The topological polar surface area (TPSA) is 95.7 Å². The summed E-state index contributed by atoms with van der Waals surface area (Å²) in [7, 11) is -3.70. The summed E-state index contributed by atoms with van der Waals surface area (Å²) in [6, 6.07) is 5.79. The van der Waals surface area contributed by atoms with Gasteiger partial charge in [-0.2, -0.15) is 0 Å². The molecule has 1 saturated carbocycles. The Kier molecular flexibility index (Phi) is 7.05. The zero-order valence-corrected chi connectivity index (χ0v) is 14.6. The number of sulfonamides is 1. The number of carbonyl (C=O) groups is 1. The predicted octanol–water partition coefficient (Wildman–Crippen LogP) is 2.62. The van der Waals surface area contributed by atoms with Gasteiger partial charge in [-0.05, 0) is 36.6 Å². The number of benzene rings is 1. The van der Waals surface area contributed by atoms with E-state index in [9.17, 15) is 13.2 Å². The van der Waals surface area contributed by atoms with E-state index in [0.717, 1.165) is 6.42 Å². The molecule has 0 bridgehead atoms. The van der Waals surface area contributed by atoms with Crippen LogP contribution in [0.15, 0.2) is 29.2 Å². The van der Waals surface area contributed by atoms with Crippen LogP contribution in [0.2, 0.25) is 0 Å². The zero-order chi connectivity index (χ0) is 17.4. The molecule has 0 heterocycles. The van der Waals surface area contributed by atoms with Crippen molar-refractivity contribution in [3.05, 3.63) is 24.3 Å². The average Bonchev–Trinajstić information content (AvgIpc) is 2.57. The second-order valence-electron chi connectivity index (χ2n) is 6.13. The van der Waals surface area contributed by atoms with Gasteiger partial charge in [0.15, 0.2) is 0 Å². The fourth-order valence-electron chi connectivity index (χ4n) is 2.91. The van der Waals surface area contributed by atoms with Gasteiger partial charge in [-0.15, -0.1) is 0 Å². The van der Waals surface area contributed by atoms with Gasteiger partial charge in [-0.1, -0.05) is 32.1 Å². The Morgan fingerprint density at radius 2 is 1.75 bits per heavy atom. The first kappa shape index (κ1) is 18.7. The minimum Gasteiger partial charge on any atom is -0.490 e. The smallest absolute Gasteiger partial charge is 0.305 e. The Bertz CT molecular complexity index is 621. The first-order chi connectivity index (χ1) is 11.4. The molecule has 1 aliphatic rings. The van der Waals surface area contributed by atoms with E-state index in [0.29, 0.717) is 18.1 Å². The zero-order valence-electron chi connectivity index (χ0n) is 13.8. The van der Waals surface area contributed by atoms with Crippen molar-refractivity contribution >= 4 is 16.0 Å². The van der Waals surface area contributed by atoms with E-state index >= 15 is 0 Å². The molecule has 0 aromatic heterocycles. The van der Waals surface area contributed by atoms with Gasteiger partial charge in [0.25, 0.3) is 0 Å². The van der Waals surface area contributed by atoms with Crippen LogP contribution in [0.4, 0.5) is 0 Å². The van der Waals surface area contributed by atoms with E-state index in [1.54, 1.807) is 0 Å². The van der Waals surface area contributed by atoms with Gasteiger partial charge in [-0.25, -0.2) is 13.6 Å². The van der Waals surface area contributed by atoms with Crippen LogP contribution in [0.1, 0.15) is 44.9 Å². The third-order valence-corrected chi connectivity index (χ3v) is 5.18. The highest BCUT2D eigenvalue weighted by atomic mass is 32.2. The van der Waals surface area contributed by atoms with Gasteiger partial charge in [0.1, 0.15) is 19.0 Å². The van der Waals surface area contributed by atoms with Crippen molar-refractivity contribution in [3.8, 4) is 5.75 Å². The minimum atomic E-state index is -3.70. The SMILES string of the molecule is NS(=O)(=O)c1ccc(OCCOC(=O)CCC2CCCCC2)cc1. The molecule has 1 aromatic carbocycles. The molecule has 24 heavy (non-hydrogen) atoms. The minimum absolute atomic E-state index is 0.0315. The molecule has 134 valence electrons. The lowest BCUT2D eigenvalue weighted by atomic mass is 9.86. The lowest BCUT2D eigenvalue weighted by molar-refractivity contribution is -0.144. The first-order valence-corrected chi connectivity index (χ1v) is 9.91. The van der Waals surface area contributed by atoms with Crippen molar-refractivity contribution in [2.45, 2.75) is 49.8 Å². The first-order valence-electron chi connectivity index (χ1n) is 8.36. The molecule has 1 aromatic rings. The number of rotatable bonds is 8. The Labute approximate surface area is 143 Å². The molecule has 7 heteroatoms. The van der Waals surface area contributed by atoms with E-state index in [1.807, 2.05) is 0 Å². The van der Waals surface area contributed by atoms with Gasteiger partial charge < -0.3 is 9.47 Å². The van der Waals surface area contributed by atoms with Crippen molar-refractivity contribution in [2.24, 2.45) is 11.1 Å². The molecule has 0 unspecified atom stereocenters. The normalized spacial score (nSPS) is 15.9. The van der Waals surface area contributed by atoms with Crippen LogP contribution in [-0.4, -0.2) is 27.6 Å². The highest BCUT2D eigenvalue weighted by Gasteiger charge is 2.15. The lowest BCUT2D eigenvalue weighted by Crippen LogP contribution is -2.14. The molecule has 2 rings (SSSR count). The monoisotopic (exact) mass is 355 g/mol.